The van der Waals surface area contributed by atoms with Crippen LogP contribution in [0.15, 0.2) is 28.3 Å². The molecule has 0 bridgehead atoms. The van der Waals surface area contributed by atoms with Crippen LogP contribution in [0.4, 0.5) is 10.1 Å². The highest BCUT2D eigenvalue weighted by molar-refractivity contribution is 8.15. The second-order valence-corrected chi connectivity index (χ2v) is 7.24. The van der Waals surface area contributed by atoms with Gasteiger partial charge in [0.2, 0.25) is 0 Å². The van der Waals surface area contributed by atoms with Crippen LogP contribution in [0.1, 0.15) is 18.9 Å². The van der Waals surface area contributed by atoms with E-state index in [2.05, 4.69) is 15.0 Å². The van der Waals surface area contributed by atoms with Gasteiger partial charge in [0, 0.05) is 29.2 Å². The summed E-state index contributed by atoms with van der Waals surface area (Å²) in [5, 5.41) is 3.98. The number of azide groups is 1. The van der Waals surface area contributed by atoms with E-state index >= 15 is 0 Å². The van der Waals surface area contributed by atoms with Gasteiger partial charge in [0.25, 0.3) is 0 Å². The molecule has 1 fully saturated rings. The summed E-state index contributed by atoms with van der Waals surface area (Å²) in [5.41, 5.74) is 14.5. The van der Waals surface area contributed by atoms with Gasteiger partial charge >= 0.3 is 0 Å². The third-order valence-electron chi connectivity index (χ3n) is 4.40. The number of methoxy groups -OCH3 is 1. The highest BCUT2D eigenvalue weighted by Gasteiger charge is 2.66. The normalized spacial score (nSPS) is 32.7. The molecule has 0 spiro atoms. The van der Waals surface area contributed by atoms with Gasteiger partial charge in [-0.3, -0.25) is 4.99 Å². The van der Waals surface area contributed by atoms with Crippen LogP contribution in [-0.2, 0) is 10.3 Å². The van der Waals surface area contributed by atoms with Crippen LogP contribution < -0.4 is 5.73 Å². The van der Waals surface area contributed by atoms with Crippen molar-refractivity contribution in [1.29, 1.82) is 0 Å². The van der Waals surface area contributed by atoms with E-state index in [4.69, 9.17) is 16.0 Å². The van der Waals surface area contributed by atoms with Crippen LogP contribution >= 0.6 is 11.8 Å². The second-order valence-electron chi connectivity index (χ2n) is 5.81. The van der Waals surface area contributed by atoms with Gasteiger partial charge < -0.3 is 10.5 Å². The first-order valence-corrected chi connectivity index (χ1v) is 7.65. The average Bonchev–Trinajstić information content (AvgIpc) is 3.16. The second kappa shape index (κ2) is 5.15. The zero-order valence-electron chi connectivity index (χ0n) is 12.3. The number of fused-ring (bicyclic) bond motifs is 1. The molecular formula is C14H16FN5OS. The van der Waals surface area contributed by atoms with Gasteiger partial charge in [-0.15, -0.1) is 0 Å². The molecule has 0 amide bonds. The predicted octanol–water partition coefficient (Wildman–Crippen LogP) is 3.45. The maximum Gasteiger partial charge on any atom is 0.155 e. The van der Waals surface area contributed by atoms with Gasteiger partial charge in [-0.1, -0.05) is 16.9 Å². The van der Waals surface area contributed by atoms with Crippen molar-refractivity contribution in [3.8, 4) is 0 Å². The molecule has 3 atom stereocenters. The van der Waals surface area contributed by atoms with Crippen LogP contribution in [-0.4, -0.2) is 23.6 Å². The molecule has 8 heteroatoms. The highest BCUT2D eigenvalue weighted by atomic mass is 32.2. The zero-order chi connectivity index (χ0) is 16.0. The molecule has 116 valence electrons. The van der Waals surface area contributed by atoms with Crippen molar-refractivity contribution >= 4 is 22.6 Å². The molecule has 0 radical (unpaired) electrons. The fourth-order valence-corrected chi connectivity index (χ4v) is 4.79. The summed E-state index contributed by atoms with van der Waals surface area (Å²) in [4.78, 5) is 7.27. The Bertz CT molecular complexity index is 704. The lowest BCUT2D eigenvalue weighted by atomic mass is 9.85. The molecule has 1 heterocycles. The van der Waals surface area contributed by atoms with E-state index in [1.54, 1.807) is 13.2 Å². The van der Waals surface area contributed by atoms with E-state index in [0.29, 0.717) is 23.0 Å². The zero-order valence-corrected chi connectivity index (χ0v) is 13.1. The SMILES string of the molecule is COCC12CC1C(C)(c1cc(N=[N+]=[N-])ccc1F)N=C(N)S2. The minimum atomic E-state index is -0.779. The largest absolute Gasteiger partial charge is 0.383 e. The van der Waals surface area contributed by atoms with E-state index in [-0.39, 0.29) is 16.5 Å². The standard InChI is InChI=1S/C14H16FN5OS/c1-13(9-5-8(19-20-17)3-4-10(9)15)11-6-14(11,7-21-2)22-12(16)18-13/h3-5,11H,6-7H2,1-2H3,(H2,16,18). The maximum absolute atomic E-state index is 14.4. The Labute approximate surface area is 131 Å². The first kappa shape index (κ1) is 15.1. The molecule has 2 N–H and O–H groups in total. The Balaban J connectivity index is 2.08. The molecule has 1 aromatic carbocycles. The highest BCUT2D eigenvalue weighted by Crippen LogP contribution is 2.66. The summed E-state index contributed by atoms with van der Waals surface area (Å²) in [5.74, 6) is -0.242. The lowest BCUT2D eigenvalue weighted by molar-refractivity contribution is 0.184. The van der Waals surface area contributed by atoms with Gasteiger partial charge in [0.15, 0.2) is 5.17 Å². The Morgan fingerprint density at radius 1 is 1.64 bits per heavy atom. The fourth-order valence-electron chi connectivity index (χ4n) is 3.34. The van der Waals surface area contributed by atoms with E-state index in [9.17, 15) is 4.39 Å². The van der Waals surface area contributed by atoms with E-state index in [1.807, 2.05) is 6.92 Å². The number of thioether (sulfide) groups is 1. The number of rotatable bonds is 4. The Kier molecular flexibility index (Phi) is 3.55. The van der Waals surface area contributed by atoms with Crippen molar-refractivity contribution in [2.24, 2.45) is 21.8 Å². The third-order valence-corrected chi connectivity index (χ3v) is 5.67. The van der Waals surface area contributed by atoms with Crippen LogP contribution in [0.3, 0.4) is 0 Å². The van der Waals surface area contributed by atoms with Gasteiger partial charge in [-0.2, -0.15) is 0 Å². The maximum atomic E-state index is 14.4. The first-order chi connectivity index (χ1) is 10.4. The number of amidine groups is 1. The monoisotopic (exact) mass is 321 g/mol. The number of nitrogens with zero attached hydrogens (tertiary/aromatic N) is 4. The molecule has 2 aliphatic rings. The van der Waals surface area contributed by atoms with Gasteiger partial charge in [-0.05, 0) is 37.1 Å². The predicted molar refractivity (Wildman–Crippen MR) is 84.5 cm³/mol. The van der Waals surface area contributed by atoms with Gasteiger partial charge in [0.1, 0.15) is 5.82 Å². The van der Waals surface area contributed by atoms with Crippen molar-refractivity contribution < 1.29 is 9.13 Å². The molecule has 0 saturated heterocycles. The summed E-state index contributed by atoms with van der Waals surface area (Å²) >= 11 is 1.50. The van der Waals surface area contributed by atoms with Crippen LogP contribution in [0.2, 0.25) is 0 Å². The molecule has 6 nitrogen and oxygen atoms in total. The van der Waals surface area contributed by atoms with E-state index in [1.165, 1.54) is 23.9 Å². The topological polar surface area (TPSA) is 96.4 Å². The Morgan fingerprint density at radius 2 is 2.41 bits per heavy atom. The number of aliphatic imine (C=N–C) groups is 1. The molecule has 1 saturated carbocycles. The summed E-state index contributed by atoms with van der Waals surface area (Å²) in [6.07, 6.45) is 0.859. The first-order valence-electron chi connectivity index (χ1n) is 6.83. The van der Waals surface area contributed by atoms with Crippen LogP contribution in [0.25, 0.3) is 10.4 Å². The van der Waals surface area contributed by atoms with Crippen molar-refractivity contribution in [1.82, 2.24) is 0 Å². The number of hydrogen-bond acceptors (Lipinski definition) is 5. The van der Waals surface area contributed by atoms with Gasteiger partial charge in [-0.25, -0.2) is 4.39 Å². The number of nitrogens with two attached hydrogens (primary N) is 1. The van der Waals surface area contributed by atoms with Crippen molar-refractivity contribution in [2.75, 3.05) is 13.7 Å². The molecule has 22 heavy (non-hydrogen) atoms. The molecule has 1 aliphatic heterocycles. The van der Waals surface area contributed by atoms with Crippen LogP contribution in [0.5, 0.6) is 0 Å². The Morgan fingerprint density at radius 3 is 3.09 bits per heavy atom. The molecule has 1 aromatic rings. The average molecular weight is 321 g/mol. The summed E-state index contributed by atoms with van der Waals surface area (Å²) < 4.78 is 19.5. The number of hydrogen-bond donors (Lipinski definition) is 1. The molecule has 3 unspecified atom stereocenters. The number of halogens is 1. The van der Waals surface area contributed by atoms with Crippen molar-refractivity contribution in [2.45, 2.75) is 23.6 Å². The summed E-state index contributed by atoms with van der Waals surface area (Å²) in [6, 6.07) is 4.30. The van der Waals surface area contributed by atoms with E-state index < -0.39 is 5.54 Å². The van der Waals surface area contributed by atoms with Crippen LogP contribution in [0, 0.1) is 11.7 Å². The fraction of sp³-hybridized carbons (Fsp3) is 0.500. The van der Waals surface area contributed by atoms with Crippen molar-refractivity contribution in [3.05, 3.63) is 40.0 Å². The third kappa shape index (κ3) is 2.24. The quantitative estimate of drug-likeness (QED) is 0.522. The smallest absolute Gasteiger partial charge is 0.155 e. The molecule has 3 rings (SSSR count). The summed E-state index contributed by atoms with van der Waals surface area (Å²) in [6.45, 7) is 2.42. The minimum absolute atomic E-state index is 0.132. The lowest BCUT2D eigenvalue weighted by Crippen LogP contribution is -2.37. The molecular weight excluding hydrogens is 305 g/mol. The summed E-state index contributed by atoms with van der Waals surface area (Å²) in [7, 11) is 1.65. The molecule has 0 aromatic heterocycles. The van der Waals surface area contributed by atoms with Gasteiger partial charge in [0.05, 0.1) is 16.9 Å². The van der Waals surface area contributed by atoms with Crippen molar-refractivity contribution in [3.63, 3.8) is 0 Å². The number of ether oxygens (including phenoxy) is 1. The molecule has 1 aliphatic carbocycles. The minimum Gasteiger partial charge on any atom is -0.383 e. The number of benzene rings is 1. The lowest BCUT2D eigenvalue weighted by Gasteiger charge is -2.34. The Hall–Kier alpha value is -1.76. The van der Waals surface area contributed by atoms with E-state index in [0.717, 1.165) is 6.42 Å².